The van der Waals surface area contributed by atoms with E-state index in [1.807, 2.05) is 0 Å². The van der Waals surface area contributed by atoms with Gasteiger partial charge >= 0.3 is 6.01 Å². The Morgan fingerprint density at radius 3 is 3.11 bits per heavy atom. The largest absolute Gasteiger partial charge is 0.408 e. The molecule has 0 saturated heterocycles. The van der Waals surface area contributed by atoms with E-state index in [9.17, 15) is 4.79 Å². The monoisotopic (exact) mass is 277 g/mol. The van der Waals surface area contributed by atoms with E-state index < -0.39 is 0 Å². The Morgan fingerprint density at radius 1 is 1.58 bits per heavy atom. The molecule has 2 aromatic heterocycles. The maximum absolute atomic E-state index is 11.8. The van der Waals surface area contributed by atoms with Gasteiger partial charge in [0.25, 0.3) is 5.91 Å². The molecule has 1 amide bonds. The van der Waals surface area contributed by atoms with E-state index in [2.05, 4.69) is 27.4 Å². The van der Waals surface area contributed by atoms with Crippen molar-refractivity contribution in [3.05, 3.63) is 27.8 Å². The molecule has 98 valence electrons. The fourth-order valence-corrected chi connectivity index (χ4v) is 2.00. The molecule has 0 atom stereocenters. The Bertz CT molecular complexity index is 636. The number of aromatic nitrogens is 2. The zero-order valence-corrected chi connectivity index (χ0v) is 11.0. The van der Waals surface area contributed by atoms with Gasteiger partial charge in [0.2, 0.25) is 5.89 Å². The molecular weight excluding hydrogens is 266 g/mol. The second kappa shape index (κ2) is 6.13. The van der Waals surface area contributed by atoms with Gasteiger partial charge in [-0.2, -0.15) is 0 Å². The van der Waals surface area contributed by atoms with Crippen LogP contribution in [0.15, 0.2) is 15.9 Å². The first-order valence-electron chi connectivity index (χ1n) is 5.49. The molecule has 0 aromatic carbocycles. The van der Waals surface area contributed by atoms with Crippen LogP contribution < -0.4 is 5.32 Å². The molecule has 0 aliphatic rings. The number of carbonyl (C=O) groups excluding carboxylic acids is 1. The second-order valence-electron chi connectivity index (χ2n) is 3.56. The van der Waals surface area contributed by atoms with E-state index in [4.69, 9.17) is 9.52 Å². The maximum atomic E-state index is 11.8. The fourth-order valence-electron chi connectivity index (χ4n) is 1.24. The summed E-state index contributed by atoms with van der Waals surface area (Å²) in [6, 6.07) is 1.75. The first-order chi connectivity index (χ1) is 9.19. The second-order valence-corrected chi connectivity index (χ2v) is 4.47. The van der Waals surface area contributed by atoms with Crippen LogP contribution in [0, 0.1) is 18.8 Å². The molecule has 2 aromatic rings. The summed E-state index contributed by atoms with van der Waals surface area (Å²) in [6.07, 6.45) is 0.417. The Labute approximate surface area is 113 Å². The minimum atomic E-state index is -0.324. The van der Waals surface area contributed by atoms with Crippen molar-refractivity contribution in [2.75, 3.05) is 11.9 Å². The summed E-state index contributed by atoms with van der Waals surface area (Å²) in [5, 5.41) is 20.1. The Morgan fingerprint density at radius 2 is 2.42 bits per heavy atom. The number of hydrogen-bond donors (Lipinski definition) is 2. The Hall–Kier alpha value is -2.17. The number of aliphatic hydroxyl groups is 1. The topological polar surface area (TPSA) is 88.2 Å². The van der Waals surface area contributed by atoms with E-state index in [-0.39, 0.29) is 18.5 Å². The standard InChI is InChI=1S/C12H11N3O3S/c1-8-14-15-12(18-8)13-11(17)9-6-10(19-7-9)4-2-3-5-16/h6-7,16H,3,5H2,1H3,(H,13,15,17). The molecule has 2 rings (SSSR count). The van der Waals surface area contributed by atoms with E-state index in [0.717, 1.165) is 4.88 Å². The quantitative estimate of drug-likeness (QED) is 0.828. The molecule has 7 heteroatoms. The van der Waals surface area contributed by atoms with Crippen LogP contribution in [0.1, 0.15) is 27.5 Å². The van der Waals surface area contributed by atoms with Crippen LogP contribution in [0.2, 0.25) is 0 Å². The molecule has 0 unspecified atom stereocenters. The normalized spacial score (nSPS) is 9.79. The van der Waals surface area contributed by atoms with Crippen molar-refractivity contribution < 1.29 is 14.3 Å². The molecule has 6 nitrogen and oxygen atoms in total. The molecule has 0 radical (unpaired) electrons. The van der Waals surface area contributed by atoms with Crippen molar-refractivity contribution in [2.45, 2.75) is 13.3 Å². The summed E-state index contributed by atoms with van der Waals surface area (Å²) in [4.78, 5) is 12.6. The lowest BCUT2D eigenvalue weighted by Crippen LogP contribution is -2.10. The smallest absolute Gasteiger partial charge is 0.322 e. The van der Waals surface area contributed by atoms with Crippen molar-refractivity contribution in [2.24, 2.45) is 0 Å². The molecule has 0 fully saturated rings. The van der Waals surface area contributed by atoms with Gasteiger partial charge in [0.05, 0.1) is 17.0 Å². The van der Waals surface area contributed by atoms with Gasteiger partial charge in [-0.3, -0.25) is 10.1 Å². The molecular formula is C12H11N3O3S. The molecule has 0 bridgehead atoms. The van der Waals surface area contributed by atoms with Gasteiger partial charge in [-0.15, -0.1) is 16.4 Å². The number of aliphatic hydroxyl groups excluding tert-OH is 1. The van der Waals surface area contributed by atoms with Gasteiger partial charge in [0.15, 0.2) is 0 Å². The van der Waals surface area contributed by atoms with Crippen LogP contribution in [0.25, 0.3) is 0 Å². The number of amides is 1. The van der Waals surface area contributed by atoms with Crippen LogP contribution in [0.4, 0.5) is 6.01 Å². The zero-order valence-electron chi connectivity index (χ0n) is 10.1. The third-order valence-electron chi connectivity index (χ3n) is 2.06. The van der Waals surface area contributed by atoms with Crippen LogP contribution in [-0.4, -0.2) is 27.8 Å². The highest BCUT2D eigenvalue weighted by atomic mass is 32.1. The molecule has 0 aliphatic carbocycles. The number of aryl methyl sites for hydroxylation is 1. The first-order valence-corrected chi connectivity index (χ1v) is 6.36. The SMILES string of the molecule is Cc1nnc(NC(=O)c2csc(C#CCCO)c2)o1. The highest BCUT2D eigenvalue weighted by Gasteiger charge is 2.11. The number of nitrogens with zero attached hydrogens (tertiary/aromatic N) is 2. The average molecular weight is 277 g/mol. The third kappa shape index (κ3) is 3.64. The van der Waals surface area contributed by atoms with Crippen LogP contribution in [0.5, 0.6) is 0 Å². The first kappa shape index (κ1) is 13.3. The van der Waals surface area contributed by atoms with Crippen molar-refractivity contribution in [3.8, 4) is 11.8 Å². The van der Waals surface area contributed by atoms with Crippen molar-refractivity contribution >= 4 is 23.3 Å². The van der Waals surface area contributed by atoms with Crippen LogP contribution >= 0.6 is 11.3 Å². The van der Waals surface area contributed by atoms with Crippen molar-refractivity contribution in [1.29, 1.82) is 0 Å². The summed E-state index contributed by atoms with van der Waals surface area (Å²) < 4.78 is 5.06. The number of thiophene rings is 1. The summed E-state index contributed by atoms with van der Waals surface area (Å²) in [7, 11) is 0. The molecule has 19 heavy (non-hydrogen) atoms. The predicted molar refractivity (Wildman–Crippen MR) is 69.9 cm³/mol. The zero-order chi connectivity index (χ0) is 13.7. The van der Waals surface area contributed by atoms with Crippen LogP contribution in [0.3, 0.4) is 0 Å². The number of rotatable bonds is 3. The van der Waals surface area contributed by atoms with Gasteiger partial charge in [-0.25, -0.2) is 0 Å². The van der Waals surface area contributed by atoms with Gasteiger partial charge in [-0.05, 0) is 6.07 Å². The molecule has 0 saturated carbocycles. The van der Waals surface area contributed by atoms with Gasteiger partial charge in [-0.1, -0.05) is 16.9 Å². The van der Waals surface area contributed by atoms with E-state index in [0.29, 0.717) is 17.9 Å². The maximum Gasteiger partial charge on any atom is 0.322 e. The number of hydrogen-bond acceptors (Lipinski definition) is 6. The average Bonchev–Trinajstić information content (AvgIpc) is 2.99. The minimum Gasteiger partial charge on any atom is -0.408 e. The van der Waals surface area contributed by atoms with Gasteiger partial charge in [0, 0.05) is 18.7 Å². The summed E-state index contributed by atoms with van der Waals surface area (Å²) in [5.74, 6) is 5.72. The predicted octanol–water partition coefficient (Wildman–Crippen LogP) is 1.43. The lowest BCUT2D eigenvalue weighted by Gasteiger charge is -1.95. The molecule has 2 heterocycles. The fraction of sp³-hybridized carbons (Fsp3) is 0.250. The Balaban J connectivity index is 2.02. The van der Waals surface area contributed by atoms with E-state index >= 15 is 0 Å². The summed E-state index contributed by atoms with van der Waals surface area (Å²) in [6.45, 7) is 1.67. The third-order valence-corrected chi connectivity index (χ3v) is 2.90. The number of anilines is 1. The number of nitrogens with one attached hydrogen (secondary N) is 1. The lowest BCUT2D eigenvalue weighted by molar-refractivity contribution is 0.102. The minimum absolute atomic E-state index is 0.0300. The summed E-state index contributed by atoms with van der Waals surface area (Å²) in [5.41, 5.74) is 0.481. The Kier molecular flexibility index (Phi) is 4.28. The summed E-state index contributed by atoms with van der Waals surface area (Å²) >= 11 is 1.36. The number of carbonyl (C=O) groups is 1. The molecule has 0 aliphatic heterocycles. The van der Waals surface area contributed by atoms with Crippen LogP contribution in [-0.2, 0) is 0 Å². The van der Waals surface area contributed by atoms with Crippen molar-refractivity contribution in [3.63, 3.8) is 0 Å². The highest BCUT2D eigenvalue weighted by molar-refractivity contribution is 7.10. The highest BCUT2D eigenvalue weighted by Crippen LogP contribution is 2.15. The van der Waals surface area contributed by atoms with E-state index in [1.165, 1.54) is 11.3 Å². The van der Waals surface area contributed by atoms with Gasteiger partial charge < -0.3 is 9.52 Å². The molecule has 2 N–H and O–H groups in total. The van der Waals surface area contributed by atoms with Crippen molar-refractivity contribution in [1.82, 2.24) is 10.2 Å². The van der Waals surface area contributed by atoms with Gasteiger partial charge in [0.1, 0.15) is 0 Å². The van der Waals surface area contributed by atoms with E-state index in [1.54, 1.807) is 18.4 Å². The molecule has 0 spiro atoms. The lowest BCUT2D eigenvalue weighted by atomic mass is 10.3.